The largest absolute Gasteiger partial charge is 0.444 e. The van der Waals surface area contributed by atoms with Crippen LogP contribution in [0.5, 0.6) is 0 Å². The molecule has 1 saturated heterocycles. The highest BCUT2D eigenvalue weighted by atomic mass is 32.2. The van der Waals surface area contributed by atoms with Crippen LogP contribution in [0.4, 0.5) is 4.79 Å². The lowest BCUT2D eigenvalue weighted by Gasteiger charge is -2.28. The van der Waals surface area contributed by atoms with Gasteiger partial charge >= 0.3 is 6.09 Å². The van der Waals surface area contributed by atoms with E-state index in [0.29, 0.717) is 13.1 Å². The standard InChI is InChI=1S/C13H25NO5S/c1-13(2,3)19-12(15)14-8-6-5-7-11(9-14)10-18-20(4,16)17/h11H,5-10H2,1-4H3/t11-/m1/s1. The minimum atomic E-state index is -3.44. The molecule has 1 aliphatic heterocycles. The second-order valence-corrected chi connectivity index (χ2v) is 7.92. The van der Waals surface area contributed by atoms with Gasteiger partial charge in [0.1, 0.15) is 5.60 Å². The maximum absolute atomic E-state index is 12.1. The van der Waals surface area contributed by atoms with E-state index in [1.807, 2.05) is 20.8 Å². The molecule has 0 aliphatic carbocycles. The number of hydrogen-bond donors (Lipinski definition) is 0. The zero-order valence-electron chi connectivity index (χ0n) is 12.7. The van der Waals surface area contributed by atoms with Crippen LogP contribution in [-0.2, 0) is 19.0 Å². The van der Waals surface area contributed by atoms with Crippen molar-refractivity contribution in [1.29, 1.82) is 0 Å². The van der Waals surface area contributed by atoms with E-state index in [1.165, 1.54) is 0 Å². The van der Waals surface area contributed by atoms with Crippen LogP contribution in [0.25, 0.3) is 0 Å². The molecule has 0 bridgehead atoms. The predicted molar refractivity (Wildman–Crippen MR) is 75.9 cm³/mol. The lowest BCUT2D eigenvalue weighted by atomic mass is 10.1. The predicted octanol–water partition coefficient (Wildman–Crippen LogP) is 2.00. The van der Waals surface area contributed by atoms with Gasteiger partial charge < -0.3 is 9.64 Å². The smallest absolute Gasteiger partial charge is 0.410 e. The fourth-order valence-electron chi connectivity index (χ4n) is 2.08. The van der Waals surface area contributed by atoms with Crippen molar-refractivity contribution in [1.82, 2.24) is 4.90 Å². The Morgan fingerprint density at radius 1 is 1.30 bits per heavy atom. The molecule has 0 spiro atoms. The molecular weight excluding hydrogens is 282 g/mol. The molecule has 0 aromatic rings. The first-order valence-corrected chi connectivity index (χ1v) is 8.71. The van der Waals surface area contributed by atoms with Gasteiger partial charge in [0.15, 0.2) is 0 Å². The Hall–Kier alpha value is -0.820. The summed E-state index contributed by atoms with van der Waals surface area (Å²) in [6, 6.07) is 0. The summed E-state index contributed by atoms with van der Waals surface area (Å²) in [6.45, 7) is 6.72. The lowest BCUT2D eigenvalue weighted by Crippen LogP contribution is -2.39. The van der Waals surface area contributed by atoms with E-state index in [2.05, 4.69) is 0 Å². The van der Waals surface area contributed by atoms with Gasteiger partial charge in [0.05, 0.1) is 12.9 Å². The van der Waals surface area contributed by atoms with Crippen molar-refractivity contribution in [3.05, 3.63) is 0 Å². The van der Waals surface area contributed by atoms with Crippen molar-refractivity contribution >= 4 is 16.2 Å². The number of nitrogens with zero attached hydrogens (tertiary/aromatic N) is 1. The molecule has 0 aromatic heterocycles. The van der Waals surface area contributed by atoms with Crippen LogP contribution in [0, 0.1) is 5.92 Å². The number of amides is 1. The molecule has 1 rings (SSSR count). The van der Waals surface area contributed by atoms with E-state index in [4.69, 9.17) is 8.92 Å². The molecule has 0 radical (unpaired) electrons. The number of carbonyl (C=O) groups is 1. The van der Waals surface area contributed by atoms with Gasteiger partial charge in [0, 0.05) is 19.0 Å². The molecule has 1 fully saturated rings. The highest BCUT2D eigenvalue weighted by Gasteiger charge is 2.27. The summed E-state index contributed by atoms with van der Waals surface area (Å²) in [4.78, 5) is 13.7. The molecular formula is C13H25NO5S. The molecule has 7 heteroatoms. The Bertz CT molecular complexity index is 427. The second kappa shape index (κ2) is 6.76. The van der Waals surface area contributed by atoms with Crippen molar-refractivity contribution in [3.63, 3.8) is 0 Å². The van der Waals surface area contributed by atoms with E-state index in [-0.39, 0.29) is 18.6 Å². The van der Waals surface area contributed by atoms with Gasteiger partial charge in [-0.2, -0.15) is 8.42 Å². The SMILES string of the molecule is CC(C)(C)OC(=O)N1CCCC[C@@H](COS(C)(=O)=O)C1. The van der Waals surface area contributed by atoms with Crippen LogP contribution < -0.4 is 0 Å². The normalized spacial score (nSPS) is 21.4. The van der Waals surface area contributed by atoms with Gasteiger partial charge in [0.2, 0.25) is 0 Å². The van der Waals surface area contributed by atoms with Crippen molar-refractivity contribution < 1.29 is 22.1 Å². The molecule has 0 saturated carbocycles. The summed E-state index contributed by atoms with van der Waals surface area (Å²) in [5, 5.41) is 0. The highest BCUT2D eigenvalue weighted by Crippen LogP contribution is 2.19. The van der Waals surface area contributed by atoms with Crippen LogP contribution in [0.2, 0.25) is 0 Å². The third kappa shape index (κ3) is 7.09. The maximum Gasteiger partial charge on any atom is 0.410 e. The molecule has 1 heterocycles. The molecule has 0 N–H and O–H groups in total. The lowest BCUT2D eigenvalue weighted by molar-refractivity contribution is 0.0223. The maximum atomic E-state index is 12.1. The molecule has 6 nitrogen and oxygen atoms in total. The second-order valence-electron chi connectivity index (χ2n) is 6.28. The Labute approximate surface area is 121 Å². The number of hydrogen-bond acceptors (Lipinski definition) is 5. The summed E-state index contributed by atoms with van der Waals surface area (Å²) in [7, 11) is -3.44. The average molecular weight is 307 g/mol. The number of rotatable bonds is 3. The topological polar surface area (TPSA) is 72.9 Å². The highest BCUT2D eigenvalue weighted by molar-refractivity contribution is 7.85. The Kier molecular flexibility index (Phi) is 5.82. The van der Waals surface area contributed by atoms with Crippen LogP contribution in [0.3, 0.4) is 0 Å². The Morgan fingerprint density at radius 2 is 1.95 bits per heavy atom. The first-order valence-electron chi connectivity index (χ1n) is 6.89. The van der Waals surface area contributed by atoms with Crippen molar-refractivity contribution in [2.45, 2.75) is 45.6 Å². The molecule has 20 heavy (non-hydrogen) atoms. The van der Waals surface area contributed by atoms with E-state index in [1.54, 1.807) is 4.90 Å². The molecule has 1 atom stereocenters. The van der Waals surface area contributed by atoms with Crippen LogP contribution in [0.15, 0.2) is 0 Å². The first kappa shape index (κ1) is 17.2. The molecule has 118 valence electrons. The summed E-state index contributed by atoms with van der Waals surface area (Å²) in [6.07, 6.45) is 3.40. The molecule has 1 aliphatic rings. The number of carbonyl (C=O) groups excluding carboxylic acids is 1. The zero-order chi connectivity index (χ0) is 15.4. The Morgan fingerprint density at radius 3 is 2.50 bits per heavy atom. The first-order chi connectivity index (χ1) is 9.07. The van der Waals surface area contributed by atoms with Crippen molar-refractivity contribution in [3.8, 4) is 0 Å². The summed E-state index contributed by atoms with van der Waals surface area (Å²) in [5.74, 6) is 0.0275. The fraction of sp³-hybridized carbons (Fsp3) is 0.923. The van der Waals surface area contributed by atoms with E-state index >= 15 is 0 Å². The van der Waals surface area contributed by atoms with Crippen LogP contribution in [0.1, 0.15) is 40.0 Å². The van der Waals surface area contributed by atoms with Gasteiger partial charge in [-0.1, -0.05) is 6.42 Å². The number of likely N-dealkylation sites (tertiary alicyclic amines) is 1. The fourth-order valence-corrected chi connectivity index (χ4v) is 2.52. The minimum Gasteiger partial charge on any atom is -0.444 e. The third-order valence-corrected chi connectivity index (χ3v) is 3.50. The van der Waals surface area contributed by atoms with Crippen molar-refractivity contribution in [2.24, 2.45) is 5.92 Å². The van der Waals surface area contributed by atoms with E-state index in [0.717, 1.165) is 25.5 Å². The molecule has 1 amide bonds. The van der Waals surface area contributed by atoms with Gasteiger partial charge in [-0.05, 0) is 33.6 Å². The monoisotopic (exact) mass is 307 g/mol. The molecule has 0 aromatic carbocycles. The number of ether oxygens (including phenoxy) is 1. The van der Waals surface area contributed by atoms with Gasteiger partial charge in [0.25, 0.3) is 10.1 Å². The minimum absolute atomic E-state index is 0.0275. The van der Waals surface area contributed by atoms with E-state index in [9.17, 15) is 13.2 Å². The van der Waals surface area contributed by atoms with Gasteiger partial charge in [-0.15, -0.1) is 0 Å². The average Bonchev–Trinajstić information content (AvgIpc) is 2.48. The molecule has 0 unspecified atom stereocenters. The van der Waals surface area contributed by atoms with Crippen LogP contribution in [-0.4, -0.2) is 51.0 Å². The van der Waals surface area contributed by atoms with Gasteiger partial charge in [-0.3, -0.25) is 4.18 Å². The van der Waals surface area contributed by atoms with Crippen LogP contribution >= 0.6 is 0 Å². The summed E-state index contributed by atoms with van der Waals surface area (Å²) < 4.78 is 32.3. The zero-order valence-corrected chi connectivity index (χ0v) is 13.5. The van der Waals surface area contributed by atoms with Crippen molar-refractivity contribution in [2.75, 3.05) is 26.0 Å². The summed E-state index contributed by atoms with van der Waals surface area (Å²) >= 11 is 0. The Balaban J connectivity index is 2.58. The quantitative estimate of drug-likeness (QED) is 0.746. The summed E-state index contributed by atoms with van der Waals surface area (Å²) in [5.41, 5.74) is -0.526. The third-order valence-electron chi connectivity index (χ3n) is 2.94. The van der Waals surface area contributed by atoms with Gasteiger partial charge in [-0.25, -0.2) is 4.79 Å². The van der Waals surface area contributed by atoms with E-state index < -0.39 is 15.7 Å².